The van der Waals surface area contributed by atoms with Crippen molar-refractivity contribution >= 4 is 5.91 Å². The molecule has 0 fully saturated rings. The van der Waals surface area contributed by atoms with E-state index < -0.39 is 18.6 Å². The SMILES string of the molecule is CN(Cc1ccccc1)C(=O)c1ccnn1CC(F)(F)F. The number of benzene rings is 1. The normalized spacial score (nSPS) is 11.4. The van der Waals surface area contributed by atoms with Gasteiger partial charge in [0.2, 0.25) is 0 Å². The zero-order valence-corrected chi connectivity index (χ0v) is 11.3. The lowest BCUT2D eigenvalue weighted by molar-refractivity contribution is -0.142. The molecule has 1 aromatic heterocycles. The predicted molar refractivity (Wildman–Crippen MR) is 70.5 cm³/mol. The van der Waals surface area contributed by atoms with Crippen LogP contribution in [0.25, 0.3) is 0 Å². The minimum Gasteiger partial charge on any atom is -0.336 e. The third kappa shape index (κ3) is 4.08. The van der Waals surface area contributed by atoms with E-state index in [0.717, 1.165) is 5.56 Å². The van der Waals surface area contributed by atoms with Crippen LogP contribution in [0.15, 0.2) is 42.6 Å². The van der Waals surface area contributed by atoms with E-state index in [1.807, 2.05) is 30.3 Å². The minimum atomic E-state index is -4.42. The number of carbonyl (C=O) groups is 1. The van der Waals surface area contributed by atoms with Gasteiger partial charge in [0.25, 0.3) is 5.91 Å². The van der Waals surface area contributed by atoms with E-state index >= 15 is 0 Å². The molecule has 0 spiro atoms. The summed E-state index contributed by atoms with van der Waals surface area (Å²) in [6.07, 6.45) is -3.23. The molecule has 0 aliphatic heterocycles. The molecule has 21 heavy (non-hydrogen) atoms. The summed E-state index contributed by atoms with van der Waals surface area (Å²) in [6, 6.07) is 10.5. The molecule has 2 aromatic rings. The fourth-order valence-electron chi connectivity index (χ4n) is 1.93. The average Bonchev–Trinajstić information content (AvgIpc) is 2.84. The van der Waals surface area contributed by atoms with Gasteiger partial charge in [0.05, 0.1) is 0 Å². The van der Waals surface area contributed by atoms with Gasteiger partial charge in [-0.25, -0.2) is 0 Å². The van der Waals surface area contributed by atoms with E-state index in [4.69, 9.17) is 0 Å². The van der Waals surface area contributed by atoms with Crippen LogP contribution < -0.4 is 0 Å². The molecule has 0 saturated carbocycles. The summed E-state index contributed by atoms with van der Waals surface area (Å²) >= 11 is 0. The number of alkyl halides is 3. The molecule has 0 atom stereocenters. The van der Waals surface area contributed by atoms with Crippen molar-refractivity contribution in [2.24, 2.45) is 0 Å². The lowest BCUT2D eigenvalue weighted by atomic mass is 10.2. The first-order valence-corrected chi connectivity index (χ1v) is 6.25. The van der Waals surface area contributed by atoms with Crippen LogP contribution in [0.5, 0.6) is 0 Å². The fraction of sp³-hybridized carbons (Fsp3) is 0.286. The first-order chi connectivity index (χ1) is 9.87. The number of hydrogen-bond donors (Lipinski definition) is 0. The highest BCUT2D eigenvalue weighted by Crippen LogP contribution is 2.18. The van der Waals surface area contributed by atoms with Gasteiger partial charge in [0.15, 0.2) is 0 Å². The van der Waals surface area contributed by atoms with Gasteiger partial charge in [-0.15, -0.1) is 0 Å². The van der Waals surface area contributed by atoms with Crippen LogP contribution in [0.2, 0.25) is 0 Å². The minimum absolute atomic E-state index is 0.0780. The van der Waals surface area contributed by atoms with Crippen molar-refractivity contribution < 1.29 is 18.0 Å². The summed E-state index contributed by atoms with van der Waals surface area (Å²) in [5.74, 6) is -0.499. The van der Waals surface area contributed by atoms with Crippen molar-refractivity contribution in [2.45, 2.75) is 19.3 Å². The molecule has 1 amide bonds. The summed E-state index contributed by atoms with van der Waals surface area (Å²) in [6.45, 7) is -0.961. The van der Waals surface area contributed by atoms with Crippen LogP contribution in [0, 0.1) is 0 Å². The highest BCUT2D eigenvalue weighted by atomic mass is 19.4. The Morgan fingerprint density at radius 2 is 1.90 bits per heavy atom. The number of nitrogens with zero attached hydrogens (tertiary/aromatic N) is 3. The van der Waals surface area contributed by atoms with Crippen LogP contribution in [-0.2, 0) is 13.1 Å². The quantitative estimate of drug-likeness (QED) is 0.870. The molecule has 0 unspecified atom stereocenters. The molecule has 0 N–H and O–H groups in total. The van der Waals surface area contributed by atoms with E-state index in [2.05, 4.69) is 5.10 Å². The number of hydrogen-bond acceptors (Lipinski definition) is 2. The second-order valence-corrected chi connectivity index (χ2v) is 4.64. The van der Waals surface area contributed by atoms with Crippen molar-refractivity contribution in [3.63, 3.8) is 0 Å². The Bertz CT molecular complexity index is 607. The molecule has 1 aromatic carbocycles. The van der Waals surface area contributed by atoms with Crippen LogP contribution in [-0.4, -0.2) is 33.8 Å². The molecule has 0 saturated heterocycles. The van der Waals surface area contributed by atoms with Crippen LogP contribution >= 0.6 is 0 Å². The second kappa shape index (κ2) is 5.99. The van der Waals surface area contributed by atoms with E-state index in [1.165, 1.54) is 17.2 Å². The Morgan fingerprint density at radius 3 is 2.52 bits per heavy atom. The number of aromatic nitrogens is 2. The summed E-state index contributed by atoms with van der Waals surface area (Å²) in [5.41, 5.74) is 0.820. The van der Waals surface area contributed by atoms with Crippen molar-refractivity contribution in [1.82, 2.24) is 14.7 Å². The van der Waals surface area contributed by atoms with Gasteiger partial charge >= 0.3 is 6.18 Å². The molecular formula is C14H14F3N3O. The van der Waals surface area contributed by atoms with Crippen molar-refractivity contribution in [2.75, 3.05) is 7.05 Å². The topological polar surface area (TPSA) is 38.1 Å². The second-order valence-electron chi connectivity index (χ2n) is 4.64. The van der Waals surface area contributed by atoms with Gasteiger partial charge in [-0.1, -0.05) is 30.3 Å². The molecule has 1 heterocycles. The summed E-state index contributed by atoms with van der Waals surface area (Å²) in [7, 11) is 1.54. The van der Waals surface area contributed by atoms with Crippen LogP contribution in [0.4, 0.5) is 13.2 Å². The third-order valence-electron chi connectivity index (χ3n) is 2.87. The van der Waals surface area contributed by atoms with Crippen molar-refractivity contribution in [1.29, 1.82) is 0 Å². The van der Waals surface area contributed by atoms with Gasteiger partial charge in [0.1, 0.15) is 12.2 Å². The fourth-order valence-corrected chi connectivity index (χ4v) is 1.93. The standard InChI is InChI=1S/C14H14F3N3O/c1-19(9-11-5-3-2-4-6-11)13(21)12-7-8-18-20(12)10-14(15,16)17/h2-8H,9-10H2,1H3. The lowest BCUT2D eigenvalue weighted by Crippen LogP contribution is -2.30. The molecule has 0 aliphatic rings. The predicted octanol–water partition coefficient (Wildman–Crippen LogP) is 2.72. The van der Waals surface area contributed by atoms with E-state index in [-0.39, 0.29) is 5.69 Å². The number of carbonyl (C=O) groups excluding carboxylic acids is 1. The number of rotatable bonds is 4. The van der Waals surface area contributed by atoms with Gasteiger partial charge in [-0.2, -0.15) is 18.3 Å². The largest absolute Gasteiger partial charge is 0.408 e. The molecule has 7 heteroatoms. The van der Waals surface area contributed by atoms with Gasteiger partial charge in [-0.05, 0) is 11.6 Å². The Kier molecular flexibility index (Phi) is 4.30. The first-order valence-electron chi connectivity index (χ1n) is 6.25. The lowest BCUT2D eigenvalue weighted by Gasteiger charge is -2.18. The Morgan fingerprint density at radius 1 is 1.24 bits per heavy atom. The van der Waals surface area contributed by atoms with Crippen molar-refractivity contribution in [3.05, 3.63) is 53.9 Å². The van der Waals surface area contributed by atoms with Crippen LogP contribution in [0.3, 0.4) is 0 Å². The zero-order chi connectivity index (χ0) is 15.5. The molecule has 2 rings (SSSR count). The molecular weight excluding hydrogens is 283 g/mol. The van der Waals surface area contributed by atoms with Gasteiger partial charge in [0, 0.05) is 19.8 Å². The third-order valence-corrected chi connectivity index (χ3v) is 2.87. The van der Waals surface area contributed by atoms with E-state index in [0.29, 0.717) is 11.2 Å². The van der Waals surface area contributed by atoms with Gasteiger partial charge < -0.3 is 4.90 Å². The molecule has 112 valence electrons. The summed E-state index contributed by atoms with van der Waals surface area (Å²) < 4.78 is 37.9. The molecule has 0 radical (unpaired) electrons. The highest BCUT2D eigenvalue weighted by Gasteiger charge is 2.30. The highest BCUT2D eigenvalue weighted by molar-refractivity contribution is 5.92. The maximum atomic E-state index is 12.4. The maximum absolute atomic E-state index is 12.4. The Labute approximate surface area is 119 Å². The van der Waals surface area contributed by atoms with Gasteiger partial charge in [-0.3, -0.25) is 9.48 Å². The monoisotopic (exact) mass is 297 g/mol. The smallest absolute Gasteiger partial charge is 0.336 e. The Hall–Kier alpha value is -2.31. The zero-order valence-electron chi connectivity index (χ0n) is 11.3. The Balaban J connectivity index is 2.11. The molecule has 4 nitrogen and oxygen atoms in total. The molecule has 0 aliphatic carbocycles. The summed E-state index contributed by atoms with van der Waals surface area (Å²) in [5, 5.41) is 3.56. The number of halogens is 3. The summed E-state index contributed by atoms with van der Waals surface area (Å²) in [4.78, 5) is 13.6. The molecule has 0 bridgehead atoms. The average molecular weight is 297 g/mol. The van der Waals surface area contributed by atoms with E-state index in [9.17, 15) is 18.0 Å². The first kappa shape index (κ1) is 15.1. The van der Waals surface area contributed by atoms with Crippen LogP contribution in [0.1, 0.15) is 16.1 Å². The van der Waals surface area contributed by atoms with E-state index in [1.54, 1.807) is 7.05 Å². The number of amides is 1. The van der Waals surface area contributed by atoms with Crippen molar-refractivity contribution in [3.8, 4) is 0 Å². The maximum Gasteiger partial charge on any atom is 0.408 e.